The lowest BCUT2D eigenvalue weighted by molar-refractivity contribution is 0.112. The highest BCUT2D eigenvalue weighted by molar-refractivity contribution is 4.96. The zero-order chi connectivity index (χ0) is 9.54. The third-order valence-electron chi connectivity index (χ3n) is 4.61. The van der Waals surface area contributed by atoms with Crippen molar-refractivity contribution < 1.29 is 0 Å². The molecule has 2 N–H and O–H groups in total. The fraction of sp³-hybridized carbons (Fsp3) is 1.00. The lowest BCUT2D eigenvalue weighted by atomic mass is 9.89. The Hall–Kier alpha value is -0.0800. The molecule has 14 heavy (non-hydrogen) atoms. The second-order valence-corrected chi connectivity index (χ2v) is 5.61. The van der Waals surface area contributed by atoms with Crippen molar-refractivity contribution in [3.05, 3.63) is 0 Å². The van der Waals surface area contributed by atoms with Gasteiger partial charge in [-0.1, -0.05) is 6.42 Å². The second-order valence-electron chi connectivity index (χ2n) is 5.61. The fourth-order valence-corrected chi connectivity index (χ4v) is 3.91. The Bertz CT molecular complexity index is 216. The molecule has 1 saturated heterocycles. The average Bonchev–Trinajstić information content (AvgIpc) is 2.78. The quantitative estimate of drug-likeness (QED) is 0.689. The molecule has 2 nitrogen and oxygen atoms in total. The molecule has 2 heteroatoms. The van der Waals surface area contributed by atoms with Crippen LogP contribution in [0.1, 0.15) is 44.9 Å². The predicted octanol–water partition coefficient (Wildman–Crippen LogP) is 1.74. The molecule has 3 fully saturated rings. The van der Waals surface area contributed by atoms with Crippen molar-refractivity contribution in [2.75, 3.05) is 6.54 Å². The summed E-state index contributed by atoms with van der Waals surface area (Å²) in [5, 5.41) is 0. The molecule has 4 unspecified atom stereocenters. The molecule has 3 rings (SSSR count). The van der Waals surface area contributed by atoms with E-state index in [0.717, 1.165) is 18.0 Å². The van der Waals surface area contributed by atoms with Crippen LogP contribution in [-0.4, -0.2) is 29.6 Å². The third-order valence-corrected chi connectivity index (χ3v) is 4.61. The van der Waals surface area contributed by atoms with Gasteiger partial charge >= 0.3 is 0 Å². The first kappa shape index (κ1) is 9.17. The number of hydrogen-bond donors (Lipinski definition) is 1. The fourth-order valence-electron chi connectivity index (χ4n) is 3.91. The summed E-state index contributed by atoms with van der Waals surface area (Å²) in [4.78, 5) is 2.80. The monoisotopic (exact) mass is 194 g/mol. The van der Waals surface area contributed by atoms with Gasteiger partial charge < -0.3 is 5.73 Å². The summed E-state index contributed by atoms with van der Waals surface area (Å²) in [5.41, 5.74) is 6.06. The van der Waals surface area contributed by atoms with Gasteiger partial charge in [0.2, 0.25) is 0 Å². The van der Waals surface area contributed by atoms with Crippen molar-refractivity contribution in [1.82, 2.24) is 4.90 Å². The Morgan fingerprint density at radius 1 is 0.929 bits per heavy atom. The van der Waals surface area contributed by atoms with Crippen LogP contribution in [0.2, 0.25) is 0 Å². The smallest absolute Gasteiger partial charge is 0.0113 e. The summed E-state index contributed by atoms with van der Waals surface area (Å²) in [5.74, 6) is 1.04. The molecule has 80 valence electrons. The van der Waals surface area contributed by atoms with Gasteiger partial charge in [0, 0.05) is 24.7 Å². The molecule has 2 saturated carbocycles. The molecule has 2 aliphatic carbocycles. The van der Waals surface area contributed by atoms with E-state index >= 15 is 0 Å². The van der Waals surface area contributed by atoms with Crippen LogP contribution in [0.25, 0.3) is 0 Å². The maximum absolute atomic E-state index is 6.06. The highest BCUT2D eigenvalue weighted by Crippen LogP contribution is 2.40. The number of fused-ring (bicyclic) bond motifs is 2. The molecular formula is C12H22N2. The predicted molar refractivity (Wildman–Crippen MR) is 58.1 cm³/mol. The van der Waals surface area contributed by atoms with Gasteiger partial charge in [-0.25, -0.2) is 0 Å². The number of rotatable bonds is 1. The Balaban J connectivity index is 1.65. The number of hydrogen-bond acceptors (Lipinski definition) is 2. The molecule has 4 atom stereocenters. The molecule has 1 heterocycles. The molecule has 3 aliphatic rings. The lowest BCUT2D eigenvalue weighted by Crippen LogP contribution is -2.46. The van der Waals surface area contributed by atoms with E-state index in [4.69, 9.17) is 5.73 Å². The minimum absolute atomic E-state index is 0.493. The topological polar surface area (TPSA) is 29.3 Å². The Labute approximate surface area is 86.8 Å². The van der Waals surface area contributed by atoms with Crippen LogP contribution in [0.15, 0.2) is 0 Å². The summed E-state index contributed by atoms with van der Waals surface area (Å²) in [6.45, 7) is 1.39. The van der Waals surface area contributed by atoms with Gasteiger partial charge in [-0.05, 0) is 44.4 Å². The van der Waals surface area contributed by atoms with Gasteiger partial charge in [0.25, 0.3) is 0 Å². The van der Waals surface area contributed by atoms with Crippen LogP contribution in [0, 0.1) is 5.92 Å². The summed E-state index contributed by atoms with van der Waals surface area (Å²) >= 11 is 0. The Kier molecular flexibility index (Phi) is 2.29. The average molecular weight is 194 g/mol. The zero-order valence-electron chi connectivity index (χ0n) is 8.99. The van der Waals surface area contributed by atoms with Gasteiger partial charge in [-0.15, -0.1) is 0 Å². The van der Waals surface area contributed by atoms with Crippen molar-refractivity contribution in [1.29, 1.82) is 0 Å². The molecule has 0 radical (unpaired) electrons. The van der Waals surface area contributed by atoms with Crippen LogP contribution in [0.3, 0.4) is 0 Å². The van der Waals surface area contributed by atoms with Crippen molar-refractivity contribution in [3.63, 3.8) is 0 Å². The summed E-state index contributed by atoms with van der Waals surface area (Å²) in [7, 11) is 0. The standard InChI is InChI=1S/C12H22N2/c13-10-2-1-3-11(7-10)14-8-9-4-5-12(14)6-9/h9-12H,1-8,13H2. The molecule has 0 amide bonds. The highest BCUT2D eigenvalue weighted by atomic mass is 15.2. The van der Waals surface area contributed by atoms with E-state index in [-0.39, 0.29) is 0 Å². The van der Waals surface area contributed by atoms with E-state index in [1.165, 1.54) is 51.5 Å². The van der Waals surface area contributed by atoms with Gasteiger partial charge in [0.1, 0.15) is 0 Å². The van der Waals surface area contributed by atoms with E-state index in [2.05, 4.69) is 4.90 Å². The van der Waals surface area contributed by atoms with E-state index in [1.807, 2.05) is 0 Å². The molecule has 0 aromatic carbocycles. The molecule has 0 aromatic heterocycles. The van der Waals surface area contributed by atoms with Crippen LogP contribution < -0.4 is 5.73 Å². The molecule has 2 bridgehead atoms. The maximum Gasteiger partial charge on any atom is 0.0113 e. The summed E-state index contributed by atoms with van der Waals surface area (Å²) < 4.78 is 0. The van der Waals surface area contributed by atoms with Gasteiger partial charge in [-0.2, -0.15) is 0 Å². The van der Waals surface area contributed by atoms with Crippen LogP contribution >= 0.6 is 0 Å². The first-order chi connectivity index (χ1) is 6.83. The zero-order valence-corrected chi connectivity index (χ0v) is 8.99. The second kappa shape index (κ2) is 3.49. The number of piperidine rings is 1. The molecule has 0 aromatic rings. The first-order valence-electron chi connectivity index (χ1n) is 6.34. The first-order valence-corrected chi connectivity index (χ1v) is 6.34. The minimum atomic E-state index is 0.493. The summed E-state index contributed by atoms with van der Waals surface area (Å²) in [6.07, 6.45) is 9.76. The Morgan fingerprint density at radius 3 is 2.43 bits per heavy atom. The third kappa shape index (κ3) is 1.49. The van der Waals surface area contributed by atoms with Crippen LogP contribution in [-0.2, 0) is 0 Å². The van der Waals surface area contributed by atoms with Crippen molar-refractivity contribution in [2.45, 2.75) is 63.1 Å². The number of nitrogens with two attached hydrogens (primary N) is 1. The Morgan fingerprint density at radius 2 is 1.79 bits per heavy atom. The normalized spacial score (nSPS) is 48.6. The van der Waals surface area contributed by atoms with E-state index in [0.29, 0.717) is 6.04 Å². The van der Waals surface area contributed by atoms with Crippen molar-refractivity contribution >= 4 is 0 Å². The van der Waals surface area contributed by atoms with E-state index in [1.54, 1.807) is 0 Å². The largest absolute Gasteiger partial charge is 0.328 e. The van der Waals surface area contributed by atoms with Gasteiger partial charge in [-0.3, -0.25) is 4.90 Å². The van der Waals surface area contributed by atoms with Crippen molar-refractivity contribution in [2.24, 2.45) is 11.7 Å². The van der Waals surface area contributed by atoms with Crippen LogP contribution in [0.5, 0.6) is 0 Å². The minimum Gasteiger partial charge on any atom is -0.328 e. The molecule has 0 spiro atoms. The molecular weight excluding hydrogens is 172 g/mol. The lowest BCUT2D eigenvalue weighted by Gasteiger charge is -2.39. The molecule has 1 aliphatic heterocycles. The van der Waals surface area contributed by atoms with E-state index in [9.17, 15) is 0 Å². The summed E-state index contributed by atoms with van der Waals surface area (Å²) in [6, 6.07) is 2.28. The number of nitrogens with zero attached hydrogens (tertiary/aromatic N) is 1. The van der Waals surface area contributed by atoms with Gasteiger partial charge in [0.15, 0.2) is 0 Å². The number of likely N-dealkylation sites (tertiary alicyclic amines) is 1. The van der Waals surface area contributed by atoms with Crippen molar-refractivity contribution in [3.8, 4) is 0 Å². The van der Waals surface area contributed by atoms with Crippen LogP contribution in [0.4, 0.5) is 0 Å². The highest BCUT2D eigenvalue weighted by Gasteiger charge is 2.41. The van der Waals surface area contributed by atoms with E-state index < -0.39 is 0 Å². The van der Waals surface area contributed by atoms with Gasteiger partial charge in [0.05, 0.1) is 0 Å². The maximum atomic E-state index is 6.06. The SMILES string of the molecule is NC1CCCC(N2CC3CCC2C3)C1.